The first-order chi connectivity index (χ1) is 16.1. The third-order valence-electron chi connectivity index (χ3n) is 6.90. The van der Waals surface area contributed by atoms with Gasteiger partial charge in [0.05, 0.1) is 6.61 Å². The molecule has 1 rings (SSSR count). The van der Waals surface area contributed by atoms with Crippen LogP contribution in [0.15, 0.2) is 0 Å². The van der Waals surface area contributed by atoms with Gasteiger partial charge in [-0.15, -0.1) is 0 Å². The van der Waals surface area contributed by atoms with Gasteiger partial charge in [0.1, 0.15) is 24.4 Å². The van der Waals surface area contributed by atoms with Crippen molar-refractivity contribution in [1.82, 2.24) is 0 Å². The van der Waals surface area contributed by atoms with Crippen LogP contribution in [0, 0.1) is 5.92 Å². The number of aliphatic hydroxyl groups excluding tert-OH is 4. The lowest BCUT2D eigenvalue weighted by Gasteiger charge is -2.49. The molecule has 6 atom stereocenters. The van der Waals surface area contributed by atoms with Crippen LogP contribution in [0.3, 0.4) is 0 Å². The Morgan fingerprint density at radius 2 is 1.26 bits per heavy atom. The van der Waals surface area contributed by atoms with Crippen LogP contribution in [-0.2, 0) is 19.3 Å². The zero-order valence-electron chi connectivity index (χ0n) is 21.0. The van der Waals surface area contributed by atoms with Gasteiger partial charge in [-0.25, -0.2) is 4.18 Å². The molecule has 204 valence electrons. The summed E-state index contributed by atoms with van der Waals surface area (Å²) in [7, 11) is -5.05. The quantitative estimate of drug-likeness (QED) is 0.129. The zero-order valence-corrected chi connectivity index (χ0v) is 21.8. The average Bonchev–Trinajstić information content (AvgIpc) is 2.78. The summed E-state index contributed by atoms with van der Waals surface area (Å²) in [5.41, 5.74) is 0. The van der Waals surface area contributed by atoms with E-state index in [1.807, 2.05) is 0 Å². The minimum Gasteiger partial charge on any atom is -0.394 e. The highest BCUT2D eigenvalue weighted by molar-refractivity contribution is 7.80. The van der Waals surface area contributed by atoms with E-state index in [4.69, 9.17) is 8.92 Å². The van der Waals surface area contributed by atoms with Gasteiger partial charge in [0.15, 0.2) is 0 Å². The molecule has 1 fully saturated rings. The summed E-state index contributed by atoms with van der Waals surface area (Å²) >= 11 is 0. The topological polar surface area (TPSA) is 154 Å². The Morgan fingerprint density at radius 3 is 1.68 bits per heavy atom. The molecule has 0 aromatic rings. The summed E-state index contributed by atoms with van der Waals surface area (Å²) in [6.45, 7) is 3.08. The van der Waals surface area contributed by atoms with E-state index >= 15 is 0 Å². The Kier molecular flexibility index (Phi) is 15.3. The smallest absolute Gasteiger partial charge is 0.394 e. The summed E-state index contributed by atoms with van der Waals surface area (Å²) < 4.78 is 42.4. The fourth-order valence-electron chi connectivity index (χ4n) is 4.74. The van der Waals surface area contributed by atoms with E-state index in [-0.39, 0.29) is 0 Å². The first-order valence-corrected chi connectivity index (χ1v) is 14.5. The Morgan fingerprint density at radius 1 is 0.824 bits per heavy atom. The van der Waals surface area contributed by atoms with E-state index in [0.717, 1.165) is 19.3 Å². The highest BCUT2D eigenvalue weighted by Gasteiger charge is 2.59. The SMILES string of the molecule is CCCCCCCCCCCCCCCCC(C)C1(OS(=O)(=O)O)O[C@H](CO)[C@@H](O)[C@H](O)[C@H]1O. The normalized spacial score (nSPS) is 28.8. The molecular formula is C24H48O9S. The van der Waals surface area contributed by atoms with E-state index in [1.54, 1.807) is 6.92 Å². The van der Waals surface area contributed by atoms with Gasteiger partial charge in [-0.1, -0.05) is 104 Å². The molecule has 34 heavy (non-hydrogen) atoms. The van der Waals surface area contributed by atoms with Gasteiger partial charge in [-0.2, -0.15) is 8.42 Å². The lowest BCUT2D eigenvalue weighted by Crippen LogP contribution is -2.68. The summed E-state index contributed by atoms with van der Waals surface area (Å²) in [6.07, 6.45) is 10.4. The van der Waals surface area contributed by atoms with Crippen LogP contribution in [0.2, 0.25) is 0 Å². The van der Waals surface area contributed by atoms with Gasteiger partial charge in [0, 0.05) is 5.92 Å². The average molecular weight is 513 g/mol. The van der Waals surface area contributed by atoms with Crippen LogP contribution in [0.4, 0.5) is 0 Å². The molecule has 1 aliphatic rings. The maximum absolute atomic E-state index is 11.5. The third kappa shape index (κ3) is 10.7. The Labute approximate surface area is 205 Å². The van der Waals surface area contributed by atoms with Crippen molar-refractivity contribution in [3.63, 3.8) is 0 Å². The summed E-state index contributed by atoms with van der Waals surface area (Å²) in [5, 5.41) is 40.1. The molecule has 0 aromatic heterocycles. The summed E-state index contributed by atoms with van der Waals surface area (Å²) in [4.78, 5) is 0. The summed E-state index contributed by atoms with van der Waals surface area (Å²) in [6, 6.07) is 0. The molecular weight excluding hydrogens is 464 g/mol. The maximum atomic E-state index is 11.5. The van der Waals surface area contributed by atoms with Gasteiger partial charge in [-0.3, -0.25) is 4.55 Å². The molecule has 1 saturated heterocycles. The first kappa shape index (κ1) is 31.7. The number of unbranched alkanes of at least 4 members (excludes halogenated alkanes) is 13. The largest absolute Gasteiger partial charge is 0.400 e. The predicted molar refractivity (Wildman–Crippen MR) is 129 cm³/mol. The molecule has 0 radical (unpaired) electrons. The molecule has 0 saturated carbocycles. The Balaban J connectivity index is 2.37. The van der Waals surface area contributed by atoms with Crippen molar-refractivity contribution >= 4 is 10.4 Å². The van der Waals surface area contributed by atoms with Crippen LogP contribution in [-0.4, -0.2) is 70.2 Å². The van der Waals surface area contributed by atoms with E-state index in [1.165, 1.54) is 64.2 Å². The molecule has 0 amide bonds. The second-order valence-corrected chi connectivity index (χ2v) is 10.8. The van der Waals surface area contributed by atoms with E-state index in [2.05, 4.69) is 6.92 Å². The first-order valence-electron chi connectivity index (χ1n) is 13.1. The van der Waals surface area contributed by atoms with Crippen LogP contribution in [0.1, 0.15) is 110 Å². The van der Waals surface area contributed by atoms with Crippen molar-refractivity contribution in [2.24, 2.45) is 5.92 Å². The highest BCUT2D eigenvalue weighted by atomic mass is 32.3. The number of hydrogen-bond donors (Lipinski definition) is 5. The van der Waals surface area contributed by atoms with E-state index in [0.29, 0.717) is 12.8 Å². The number of ether oxygens (including phenoxy) is 1. The monoisotopic (exact) mass is 512 g/mol. The predicted octanol–water partition coefficient (Wildman–Crippen LogP) is 3.48. The van der Waals surface area contributed by atoms with Crippen LogP contribution in [0.25, 0.3) is 0 Å². The van der Waals surface area contributed by atoms with Crippen LogP contribution < -0.4 is 0 Å². The second-order valence-electron chi connectivity index (χ2n) is 9.78. The molecule has 10 heteroatoms. The number of rotatable bonds is 19. The van der Waals surface area contributed by atoms with Crippen molar-refractivity contribution in [3.05, 3.63) is 0 Å². The van der Waals surface area contributed by atoms with Gasteiger partial charge < -0.3 is 25.2 Å². The van der Waals surface area contributed by atoms with Crippen molar-refractivity contribution < 1.29 is 42.3 Å². The fourth-order valence-corrected chi connectivity index (χ4v) is 5.37. The molecule has 5 N–H and O–H groups in total. The van der Waals surface area contributed by atoms with Crippen molar-refractivity contribution in [3.8, 4) is 0 Å². The molecule has 0 spiro atoms. The molecule has 0 bridgehead atoms. The molecule has 9 nitrogen and oxygen atoms in total. The standard InChI is InChI=1S/C24H48O9S/c1-3-4-5-6-7-8-9-10-11-12-13-14-15-16-17-19(2)24(33-34(29,30)31)23(28)22(27)21(26)20(18-25)32-24/h19-23,25-28H,3-18H2,1-2H3,(H,29,30,31)/t19?,20-,21-,22+,23-,24?/m1/s1. The molecule has 0 aromatic carbocycles. The summed E-state index contributed by atoms with van der Waals surface area (Å²) in [5.74, 6) is -3.06. The van der Waals surface area contributed by atoms with Crippen molar-refractivity contribution in [1.29, 1.82) is 0 Å². The second kappa shape index (κ2) is 16.4. The van der Waals surface area contributed by atoms with Gasteiger partial charge >= 0.3 is 10.4 Å². The number of hydrogen-bond acceptors (Lipinski definition) is 8. The van der Waals surface area contributed by atoms with Gasteiger partial charge in [-0.05, 0) is 6.42 Å². The fraction of sp³-hybridized carbons (Fsp3) is 1.00. The highest BCUT2D eigenvalue weighted by Crippen LogP contribution is 2.40. The molecule has 0 aliphatic carbocycles. The van der Waals surface area contributed by atoms with Crippen molar-refractivity contribution in [2.45, 2.75) is 140 Å². The minimum atomic E-state index is -5.05. The van der Waals surface area contributed by atoms with Crippen LogP contribution >= 0.6 is 0 Å². The minimum absolute atomic E-state index is 0.394. The van der Waals surface area contributed by atoms with Gasteiger partial charge in [0.25, 0.3) is 0 Å². The number of aliphatic hydroxyl groups is 4. The maximum Gasteiger partial charge on any atom is 0.400 e. The Hall–Kier alpha value is -0.330. The van der Waals surface area contributed by atoms with Crippen molar-refractivity contribution in [2.75, 3.05) is 6.61 Å². The van der Waals surface area contributed by atoms with Crippen LogP contribution in [0.5, 0.6) is 0 Å². The third-order valence-corrected chi connectivity index (χ3v) is 7.37. The molecule has 1 heterocycles. The lowest BCUT2D eigenvalue weighted by molar-refractivity contribution is -0.355. The van der Waals surface area contributed by atoms with Gasteiger partial charge in [0.2, 0.25) is 5.79 Å². The van der Waals surface area contributed by atoms with E-state index < -0.39 is 53.1 Å². The van der Waals surface area contributed by atoms with E-state index in [9.17, 15) is 33.4 Å². The zero-order chi connectivity index (χ0) is 25.6. The molecule has 1 aliphatic heterocycles. The lowest BCUT2D eigenvalue weighted by atomic mass is 9.83. The Bertz CT molecular complexity index is 628. The molecule has 2 unspecified atom stereocenters.